The van der Waals surface area contributed by atoms with E-state index in [9.17, 15) is 13.2 Å². The number of fused-ring (bicyclic) bond motifs is 1. The van der Waals surface area contributed by atoms with Gasteiger partial charge in [0, 0.05) is 12.1 Å². The first kappa shape index (κ1) is 23.5. The van der Waals surface area contributed by atoms with E-state index in [2.05, 4.69) is 29.6 Å². The molecule has 4 rings (SSSR count). The Labute approximate surface area is 201 Å². The van der Waals surface area contributed by atoms with E-state index in [-0.39, 0.29) is 12.5 Å². The summed E-state index contributed by atoms with van der Waals surface area (Å²) in [7, 11) is -3.48. The smallest absolute Gasteiger partial charge is 0.251 e. The van der Waals surface area contributed by atoms with Crippen LogP contribution < -0.4 is 9.62 Å². The Morgan fingerprint density at radius 3 is 2.06 bits per heavy atom. The first-order chi connectivity index (χ1) is 16.2. The zero-order chi connectivity index (χ0) is 24.3. The summed E-state index contributed by atoms with van der Waals surface area (Å²) in [4.78, 5) is 12.7. The van der Waals surface area contributed by atoms with Crippen LogP contribution in [-0.2, 0) is 23.1 Å². The van der Waals surface area contributed by atoms with E-state index in [1.807, 2.05) is 50.2 Å². The molecule has 0 aliphatic rings. The first-order valence-electron chi connectivity index (χ1n) is 11.1. The lowest BCUT2D eigenvalue weighted by atomic mass is 10.1. The van der Waals surface area contributed by atoms with Crippen LogP contribution in [0.1, 0.15) is 32.6 Å². The van der Waals surface area contributed by atoms with E-state index in [0.717, 1.165) is 33.0 Å². The van der Waals surface area contributed by atoms with Gasteiger partial charge in [-0.25, -0.2) is 8.42 Å². The van der Waals surface area contributed by atoms with Crippen molar-refractivity contribution in [2.24, 2.45) is 0 Å². The molecule has 6 heteroatoms. The lowest BCUT2D eigenvalue weighted by Crippen LogP contribution is -2.29. The molecule has 0 radical (unpaired) electrons. The van der Waals surface area contributed by atoms with Crippen LogP contribution in [0, 0.1) is 13.8 Å². The van der Waals surface area contributed by atoms with Gasteiger partial charge in [0.1, 0.15) is 0 Å². The van der Waals surface area contributed by atoms with Gasteiger partial charge in [0.05, 0.1) is 18.5 Å². The number of hydrogen-bond donors (Lipinski definition) is 1. The van der Waals surface area contributed by atoms with Crippen LogP contribution in [-0.4, -0.2) is 20.6 Å². The standard InChI is InChI=1S/C28H28N2O3S/c1-20-14-21(2)16-27(15-20)30(34(3,32)33)19-22-8-12-25(13-9-22)28(31)29-18-23-10-11-24-6-4-5-7-26(24)17-23/h4-17H,18-19H2,1-3H3,(H,29,31). The summed E-state index contributed by atoms with van der Waals surface area (Å²) >= 11 is 0. The minimum absolute atomic E-state index is 0.172. The first-order valence-corrected chi connectivity index (χ1v) is 12.9. The molecule has 0 aromatic heterocycles. The maximum atomic E-state index is 12.7. The molecule has 4 aromatic rings. The van der Waals surface area contributed by atoms with E-state index in [1.54, 1.807) is 24.3 Å². The molecule has 0 saturated heterocycles. The monoisotopic (exact) mass is 472 g/mol. The van der Waals surface area contributed by atoms with Gasteiger partial charge in [-0.2, -0.15) is 0 Å². The number of aryl methyl sites for hydroxylation is 2. The highest BCUT2D eigenvalue weighted by Crippen LogP contribution is 2.24. The van der Waals surface area contributed by atoms with Gasteiger partial charge < -0.3 is 5.32 Å². The quantitative estimate of drug-likeness (QED) is 0.394. The molecule has 0 atom stereocenters. The SMILES string of the molecule is Cc1cc(C)cc(N(Cc2ccc(C(=O)NCc3ccc4ccccc4c3)cc2)S(C)(=O)=O)c1. The van der Waals surface area contributed by atoms with E-state index < -0.39 is 10.0 Å². The maximum Gasteiger partial charge on any atom is 0.251 e. The van der Waals surface area contributed by atoms with Crippen molar-refractivity contribution in [3.05, 3.63) is 113 Å². The van der Waals surface area contributed by atoms with Gasteiger partial charge >= 0.3 is 0 Å². The van der Waals surface area contributed by atoms with Gasteiger partial charge in [-0.1, -0.05) is 54.6 Å². The van der Waals surface area contributed by atoms with Gasteiger partial charge in [0.25, 0.3) is 5.91 Å². The maximum absolute atomic E-state index is 12.7. The lowest BCUT2D eigenvalue weighted by Gasteiger charge is -2.23. The van der Waals surface area contributed by atoms with E-state index in [0.29, 0.717) is 17.8 Å². The molecule has 34 heavy (non-hydrogen) atoms. The van der Waals surface area contributed by atoms with Gasteiger partial charge in [-0.15, -0.1) is 0 Å². The summed E-state index contributed by atoms with van der Waals surface area (Å²) in [6, 6.07) is 27.0. The van der Waals surface area contributed by atoms with Crippen molar-refractivity contribution >= 4 is 32.4 Å². The van der Waals surface area contributed by atoms with E-state index in [4.69, 9.17) is 0 Å². The topological polar surface area (TPSA) is 66.5 Å². The van der Waals surface area contributed by atoms with E-state index in [1.165, 1.54) is 10.6 Å². The van der Waals surface area contributed by atoms with Gasteiger partial charge in [-0.05, 0) is 77.2 Å². The third-order valence-electron chi connectivity index (χ3n) is 5.70. The second-order valence-corrected chi connectivity index (χ2v) is 10.6. The average Bonchev–Trinajstić information content (AvgIpc) is 2.80. The van der Waals surface area contributed by atoms with Gasteiger partial charge in [0.2, 0.25) is 10.0 Å². The zero-order valence-corrected chi connectivity index (χ0v) is 20.4. The Morgan fingerprint density at radius 2 is 1.41 bits per heavy atom. The molecule has 0 bridgehead atoms. The number of carbonyl (C=O) groups excluding carboxylic acids is 1. The molecule has 0 saturated carbocycles. The van der Waals surface area contributed by atoms with Gasteiger partial charge in [-0.3, -0.25) is 9.10 Å². The molecule has 1 amide bonds. The van der Waals surface area contributed by atoms with Crippen molar-refractivity contribution in [3.63, 3.8) is 0 Å². The van der Waals surface area contributed by atoms with Crippen molar-refractivity contribution in [3.8, 4) is 0 Å². The number of rotatable bonds is 7. The third-order valence-corrected chi connectivity index (χ3v) is 6.84. The number of carbonyl (C=O) groups is 1. The Hall–Kier alpha value is -3.64. The van der Waals surface area contributed by atoms with Crippen LogP contribution in [0.3, 0.4) is 0 Å². The number of amides is 1. The summed E-state index contributed by atoms with van der Waals surface area (Å²) in [6.07, 6.45) is 1.21. The molecule has 0 fully saturated rings. The molecule has 0 aliphatic carbocycles. The number of anilines is 1. The van der Waals surface area contributed by atoms with Crippen LogP contribution in [0.2, 0.25) is 0 Å². The summed E-state index contributed by atoms with van der Waals surface area (Å²) < 4.78 is 26.4. The van der Waals surface area contributed by atoms with Crippen molar-refractivity contribution in [2.75, 3.05) is 10.6 Å². The largest absolute Gasteiger partial charge is 0.348 e. The fraction of sp³-hybridized carbons (Fsp3) is 0.179. The van der Waals surface area contributed by atoms with Crippen molar-refractivity contribution in [1.29, 1.82) is 0 Å². The van der Waals surface area contributed by atoms with Crippen LogP contribution >= 0.6 is 0 Å². The Balaban J connectivity index is 1.45. The van der Waals surface area contributed by atoms with Crippen LogP contribution in [0.4, 0.5) is 5.69 Å². The third kappa shape index (κ3) is 5.64. The predicted octanol–water partition coefficient (Wildman–Crippen LogP) is 5.35. The molecule has 174 valence electrons. The van der Waals surface area contributed by atoms with Crippen molar-refractivity contribution in [2.45, 2.75) is 26.9 Å². The predicted molar refractivity (Wildman–Crippen MR) is 139 cm³/mol. The Kier molecular flexibility index (Phi) is 6.70. The Bertz CT molecular complexity index is 1420. The summed E-state index contributed by atoms with van der Waals surface area (Å²) in [5.74, 6) is -0.172. The van der Waals surface area contributed by atoms with Crippen molar-refractivity contribution in [1.82, 2.24) is 5.32 Å². The summed E-state index contributed by atoms with van der Waals surface area (Å²) in [5, 5.41) is 5.26. The normalized spacial score (nSPS) is 11.4. The summed E-state index contributed by atoms with van der Waals surface area (Å²) in [5.41, 5.74) is 5.00. The number of benzene rings is 4. The molecule has 0 spiro atoms. The minimum atomic E-state index is -3.48. The lowest BCUT2D eigenvalue weighted by molar-refractivity contribution is 0.0951. The molecule has 0 aliphatic heterocycles. The highest BCUT2D eigenvalue weighted by molar-refractivity contribution is 7.92. The van der Waals surface area contributed by atoms with Crippen LogP contribution in [0.5, 0.6) is 0 Å². The number of sulfonamides is 1. The number of hydrogen-bond acceptors (Lipinski definition) is 3. The second-order valence-electron chi connectivity index (χ2n) is 8.68. The minimum Gasteiger partial charge on any atom is -0.348 e. The highest BCUT2D eigenvalue weighted by atomic mass is 32.2. The molecule has 0 unspecified atom stereocenters. The Morgan fingerprint density at radius 1 is 0.794 bits per heavy atom. The zero-order valence-electron chi connectivity index (χ0n) is 19.6. The summed E-state index contributed by atoms with van der Waals surface area (Å²) in [6.45, 7) is 4.52. The molecular weight excluding hydrogens is 444 g/mol. The number of nitrogens with one attached hydrogen (secondary N) is 1. The van der Waals surface area contributed by atoms with E-state index >= 15 is 0 Å². The molecule has 4 aromatic carbocycles. The highest BCUT2D eigenvalue weighted by Gasteiger charge is 2.19. The fourth-order valence-corrected chi connectivity index (χ4v) is 4.93. The van der Waals surface area contributed by atoms with Crippen LogP contribution in [0.25, 0.3) is 10.8 Å². The molecular formula is C28H28N2O3S. The van der Waals surface area contributed by atoms with Crippen molar-refractivity contribution < 1.29 is 13.2 Å². The molecule has 1 N–H and O–H groups in total. The average molecular weight is 473 g/mol. The fourth-order valence-electron chi connectivity index (χ4n) is 4.06. The number of nitrogens with zero attached hydrogens (tertiary/aromatic N) is 1. The molecule has 5 nitrogen and oxygen atoms in total. The second kappa shape index (κ2) is 9.69. The van der Waals surface area contributed by atoms with Gasteiger partial charge in [0.15, 0.2) is 0 Å². The van der Waals surface area contributed by atoms with Crippen LogP contribution in [0.15, 0.2) is 84.9 Å². The molecule has 0 heterocycles.